The maximum atomic E-state index is 12.8. The number of aryl methyl sites for hydroxylation is 1. The van der Waals surface area contributed by atoms with Crippen LogP contribution in [0.3, 0.4) is 0 Å². The van der Waals surface area contributed by atoms with Gasteiger partial charge in [-0.15, -0.1) is 0 Å². The first-order valence-electron chi connectivity index (χ1n) is 8.04. The highest BCUT2D eigenvalue weighted by atomic mass is 35.5. The van der Waals surface area contributed by atoms with Crippen LogP contribution in [0.2, 0.25) is 5.02 Å². The fourth-order valence-electron chi connectivity index (χ4n) is 3.11. The molecule has 0 atom stereocenters. The van der Waals surface area contributed by atoms with Crippen molar-refractivity contribution in [3.63, 3.8) is 0 Å². The van der Waals surface area contributed by atoms with Gasteiger partial charge in [-0.3, -0.25) is 9.59 Å². The van der Waals surface area contributed by atoms with Gasteiger partial charge in [0.2, 0.25) is 5.91 Å². The van der Waals surface area contributed by atoms with E-state index >= 15 is 0 Å². The fraction of sp³-hybridized carbons (Fsp3) is 0.105. The molecule has 0 fully saturated rings. The first-order chi connectivity index (χ1) is 12.6. The molecule has 0 aliphatic heterocycles. The highest BCUT2D eigenvalue weighted by Gasteiger charge is 2.15. The average molecular weight is 367 g/mol. The molecule has 4 aromatic rings. The van der Waals surface area contributed by atoms with E-state index in [1.54, 1.807) is 30.5 Å². The van der Waals surface area contributed by atoms with Gasteiger partial charge in [-0.05, 0) is 18.2 Å². The molecule has 6 nitrogen and oxygen atoms in total. The van der Waals surface area contributed by atoms with Crippen LogP contribution in [-0.2, 0) is 18.4 Å². The van der Waals surface area contributed by atoms with Gasteiger partial charge in [-0.2, -0.15) is 5.10 Å². The number of amides is 1. The van der Waals surface area contributed by atoms with Gasteiger partial charge in [0.15, 0.2) is 0 Å². The molecule has 0 saturated carbocycles. The van der Waals surface area contributed by atoms with Gasteiger partial charge in [0.25, 0.3) is 5.56 Å². The van der Waals surface area contributed by atoms with Crippen molar-refractivity contribution in [2.45, 2.75) is 6.54 Å². The molecule has 0 aliphatic rings. The van der Waals surface area contributed by atoms with Crippen LogP contribution in [0.25, 0.3) is 21.8 Å². The van der Waals surface area contributed by atoms with Crippen molar-refractivity contribution in [2.75, 3.05) is 5.32 Å². The van der Waals surface area contributed by atoms with Crippen LogP contribution in [0, 0.1) is 0 Å². The predicted molar refractivity (Wildman–Crippen MR) is 103 cm³/mol. The maximum Gasteiger partial charge on any atom is 0.291 e. The molecule has 4 rings (SSSR count). The topological polar surface area (TPSA) is 68.9 Å². The van der Waals surface area contributed by atoms with Crippen molar-refractivity contribution >= 4 is 45.0 Å². The molecule has 130 valence electrons. The normalized spacial score (nSPS) is 11.2. The van der Waals surface area contributed by atoms with Crippen LogP contribution in [-0.4, -0.2) is 20.3 Å². The summed E-state index contributed by atoms with van der Waals surface area (Å²) in [5.41, 5.74) is 1.65. The standard InChI is InChI=1S/C19H15ClN4O2/c1-23-16-9-5-2-6-12(16)13-10-21-24(19(26)18(13)23)11-17(25)22-15-8-4-3-7-14(15)20/h2-10H,11H2,1H3,(H,22,25). The molecule has 0 aliphatic carbocycles. The van der Waals surface area contributed by atoms with E-state index in [4.69, 9.17) is 11.6 Å². The lowest BCUT2D eigenvalue weighted by Gasteiger charge is -2.08. The second-order valence-corrected chi connectivity index (χ2v) is 6.38. The Morgan fingerprint density at radius 3 is 2.65 bits per heavy atom. The van der Waals surface area contributed by atoms with Gasteiger partial charge >= 0.3 is 0 Å². The molecule has 1 amide bonds. The van der Waals surface area contributed by atoms with E-state index in [1.165, 1.54) is 0 Å². The second-order valence-electron chi connectivity index (χ2n) is 5.97. The van der Waals surface area contributed by atoms with E-state index in [2.05, 4.69) is 10.4 Å². The molecule has 2 heterocycles. The fourth-order valence-corrected chi connectivity index (χ4v) is 3.30. The van der Waals surface area contributed by atoms with Crippen LogP contribution in [0.4, 0.5) is 5.69 Å². The van der Waals surface area contributed by atoms with Gasteiger partial charge in [0.05, 0.1) is 16.9 Å². The number of hydrogen-bond donors (Lipinski definition) is 1. The zero-order chi connectivity index (χ0) is 18.3. The summed E-state index contributed by atoms with van der Waals surface area (Å²) in [5.74, 6) is -0.370. The summed E-state index contributed by atoms with van der Waals surface area (Å²) < 4.78 is 2.99. The summed E-state index contributed by atoms with van der Waals surface area (Å²) in [4.78, 5) is 25.2. The summed E-state index contributed by atoms with van der Waals surface area (Å²) in [6.07, 6.45) is 1.63. The number of nitrogens with one attached hydrogen (secondary N) is 1. The van der Waals surface area contributed by atoms with Gasteiger partial charge in [0.1, 0.15) is 12.1 Å². The summed E-state index contributed by atoms with van der Waals surface area (Å²) in [5, 5.41) is 9.04. The van der Waals surface area contributed by atoms with E-state index in [9.17, 15) is 9.59 Å². The number of halogens is 1. The van der Waals surface area contributed by atoms with Crippen molar-refractivity contribution in [2.24, 2.45) is 7.05 Å². The highest BCUT2D eigenvalue weighted by Crippen LogP contribution is 2.25. The minimum Gasteiger partial charge on any atom is -0.339 e. The van der Waals surface area contributed by atoms with Gasteiger partial charge in [-0.1, -0.05) is 41.9 Å². The molecule has 0 unspecified atom stereocenters. The van der Waals surface area contributed by atoms with Crippen molar-refractivity contribution in [3.8, 4) is 0 Å². The number of nitrogens with zero attached hydrogens (tertiary/aromatic N) is 3. The monoisotopic (exact) mass is 366 g/mol. The number of aromatic nitrogens is 3. The lowest BCUT2D eigenvalue weighted by Crippen LogP contribution is -2.30. The molecule has 1 N–H and O–H groups in total. The number of carbonyl (C=O) groups excluding carboxylic acids is 1. The van der Waals surface area contributed by atoms with Crippen molar-refractivity contribution in [3.05, 3.63) is 70.1 Å². The van der Waals surface area contributed by atoms with Crippen LogP contribution in [0.15, 0.2) is 59.5 Å². The highest BCUT2D eigenvalue weighted by molar-refractivity contribution is 6.33. The van der Waals surface area contributed by atoms with E-state index in [0.717, 1.165) is 21.0 Å². The Morgan fingerprint density at radius 1 is 1.12 bits per heavy atom. The second kappa shape index (κ2) is 6.31. The Kier molecular flexibility index (Phi) is 3.97. The minimum atomic E-state index is -0.370. The summed E-state index contributed by atoms with van der Waals surface area (Å²) in [6, 6.07) is 14.7. The quantitative estimate of drug-likeness (QED) is 0.605. The molecule has 26 heavy (non-hydrogen) atoms. The predicted octanol–water partition coefficient (Wildman–Crippen LogP) is 3.18. The first kappa shape index (κ1) is 16.4. The number of para-hydroxylation sites is 2. The first-order valence-corrected chi connectivity index (χ1v) is 8.41. The number of rotatable bonds is 3. The largest absolute Gasteiger partial charge is 0.339 e. The Hall–Kier alpha value is -3.12. The third-order valence-electron chi connectivity index (χ3n) is 4.35. The number of fused-ring (bicyclic) bond motifs is 3. The molecule has 0 spiro atoms. The minimum absolute atomic E-state index is 0.193. The van der Waals surface area contributed by atoms with Gasteiger partial charge < -0.3 is 9.88 Å². The third-order valence-corrected chi connectivity index (χ3v) is 4.68. The lowest BCUT2D eigenvalue weighted by molar-refractivity contribution is -0.117. The lowest BCUT2D eigenvalue weighted by atomic mass is 10.2. The van der Waals surface area contributed by atoms with Crippen LogP contribution in [0.5, 0.6) is 0 Å². The summed E-state index contributed by atoms with van der Waals surface area (Å²) in [7, 11) is 1.83. The average Bonchev–Trinajstić information content (AvgIpc) is 2.93. The van der Waals surface area contributed by atoms with E-state index in [-0.39, 0.29) is 18.0 Å². The SMILES string of the molecule is Cn1c2ccccc2c2cnn(CC(=O)Nc3ccccc3Cl)c(=O)c21. The number of hydrogen-bond acceptors (Lipinski definition) is 3. The van der Waals surface area contributed by atoms with Gasteiger partial charge in [-0.25, -0.2) is 4.68 Å². The van der Waals surface area contributed by atoms with E-state index in [0.29, 0.717) is 16.2 Å². The van der Waals surface area contributed by atoms with E-state index in [1.807, 2.05) is 35.9 Å². The molecule has 0 saturated heterocycles. The molecule has 2 aromatic carbocycles. The van der Waals surface area contributed by atoms with Crippen LogP contribution in [0.1, 0.15) is 0 Å². The Balaban J connectivity index is 1.71. The van der Waals surface area contributed by atoms with Crippen molar-refractivity contribution < 1.29 is 4.79 Å². The molecule has 0 bridgehead atoms. The summed E-state index contributed by atoms with van der Waals surface area (Å²) in [6.45, 7) is -0.193. The molecule has 2 aromatic heterocycles. The number of anilines is 1. The Morgan fingerprint density at radius 2 is 1.85 bits per heavy atom. The molecule has 0 radical (unpaired) electrons. The zero-order valence-electron chi connectivity index (χ0n) is 13.9. The van der Waals surface area contributed by atoms with E-state index < -0.39 is 0 Å². The Bertz CT molecular complexity index is 1210. The zero-order valence-corrected chi connectivity index (χ0v) is 14.7. The maximum absolute atomic E-state index is 12.8. The molecule has 7 heteroatoms. The number of benzene rings is 2. The van der Waals surface area contributed by atoms with Gasteiger partial charge in [0, 0.05) is 23.3 Å². The third kappa shape index (κ3) is 2.64. The van der Waals surface area contributed by atoms with Crippen molar-refractivity contribution in [1.29, 1.82) is 0 Å². The van der Waals surface area contributed by atoms with Crippen LogP contribution >= 0.6 is 11.6 Å². The number of carbonyl (C=O) groups is 1. The molecular formula is C19H15ClN4O2. The smallest absolute Gasteiger partial charge is 0.291 e. The molecular weight excluding hydrogens is 352 g/mol. The van der Waals surface area contributed by atoms with Crippen molar-refractivity contribution in [1.82, 2.24) is 14.3 Å². The Labute approximate surface area is 153 Å². The van der Waals surface area contributed by atoms with Crippen LogP contribution < -0.4 is 10.9 Å². The summed E-state index contributed by atoms with van der Waals surface area (Å²) >= 11 is 6.04.